The molecule has 2 N–H and O–H groups in total. The molecule has 3 heteroatoms. The average molecular weight is 256 g/mol. The number of hydrogen-bond donors (Lipinski definition) is 1. The quantitative estimate of drug-likeness (QED) is 0.838. The summed E-state index contributed by atoms with van der Waals surface area (Å²) in [6, 6.07) is 5.60. The summed E-state index contributed by atoms with van der Waals surface area (Å²) in [5.74, 6) is 2.05. The molecule has 0 aliphatic heterocycles. The minimum Gasteiger partial charge on any atom is -0.493 e. The third-order valence-electron chi connectivity index (χ3n) is 2.65. The Hall–Kier alpha value is -0.730. The third kappa shape index (κ3) is 4.97. The van der Waals surface area contributed by atoms with Crippen LogP contribution < -0.4 is 10.5 Å². The standard InChI is InChI=1S/C14H22ClNO/c1-10(2)6-11(3)9-17-14-7-13(15)5-4-12(14)8-16/h4-5,7,10-11H,6,8-9,16H2,1-3H3. The first-order chi connectivity index (χ1) is 8.02. The SMILES string of the molecule is CC(C)CC(C)COc1cc(Cl)ccc1CN. The van der Waals surface area contributed by atoms with Crippen molar-refractivity contribution in [2.75, 3.05) is 6.61 Å². The van der Waals surface area contributed by atoms with Crippen LogP contribution in [-0.4, -0.2) is 6.61 Å². The highest BCUT2D eigenvalue weighted by Gasteiger charge is 2.08. The molecule has 0 fully saturated rings. The molecule has 0 amide bonds. The molecule has 1 unspecified atom stereocenters. The van der Waals surface area contributed by atoms with E-state index in [9.17, 15) is 0 Å². The molecular formula is C14H22ClNO. The van der Waals surface area contributed by atoms with Crippen LogP contribution in [0, 0.1) is 11.8 Å². The van der Waals surface area contributed by atoms with Crippen LogP contribution in [0.5, 0.6) is 5.75 Å². The summed E-state index contributed by atoms with van der Waals surface area (Å²) in [5, 5.41) is 0.689. The Balaban J connectivity index is 2.58. The van der Waals surface area contributed by atoms with Crippen molar-refractivity contribution in [3.05, 3.63) is 28.8 Å². The van der Waals surface area contributed by atoms with Gasteiger partial charge in [0.25, 0.3) is 0 Å². The fourth-order valence-corrected chi connectivity index (χ4v) is 2.10. The maximum Gasteiger partial charge on any atom is 0.125 e. The maximum absolute atomic E-state index is 5.95. The van der Waals surface area contributed by atoms with Gasteiger partial charge in [0.1, 0.15) is 5.75 Å². The molecule has 1 atom stereocenters. The molecule has 0 spiro atoms. The van der Waals surface area contributed by atoms with Gasteiger partial charge in [-0.3, -0.25) is 0 Å². The summed E-state index contributed by atoms with van der Waals surface area (Å²) >= 11 is 5.95. The molecule has 2 nitrogen and oxygen atoms in total. The van der Waals surface area contributed by atoms with Gasteiger partial charge >= 0.3 is 0 Å². The van der Waals surface area contributed by atoms with Crippen LogP contribution in [0.3, 0.4) is 0 Å². The molecule has 0 saturated heterocycles. The van der Waals surface area contributed by atoms with Gasteiger partial charge in [-0.15, -0.1) is 0 Å². The molecule has 0 aliphatic rings. The lowest BCUT2D eigenvalue weighted by Crippen LogP contribution is -2.12. The zero-order chi connectivity index (χ0) is 12.8. The van der Waals surface area contributed by atoms with Crippen molar-refractivity contribution in [3.8, 4) is 5.75 Å². The summed E-state index contributed by atoms with van der Waals surface area (Å²) < 4.78 is 5.81. The maximum atomic E-state index is 5.95. The lowest BCUT2D eigenvalue weighted by atomic mass is 10.00. The summed E-state index contributed by atoms with van der Waals surface area (Å²) in [4.78, 5) is 0. The normalized spacial score (nSPS) is 12.8. The van der Waals surface area contributed by atoms with E-state index in [1.165, 1.54) is 6.42 Å². The van der Waals surface area contributed by atoms with Gasteiger partial charge < -0.3 is 10.5 Å². The Labute approximate surface area is 109 Å². The minimum atomic E-state index is 0.477. The lowest BCUT2D eigenvalue weighted by molar-refractivity contribution is 0.237. The van der Waals surface area contributed by atoms with Crippen molar-refractivity contribution in [2.24, 2.45) is 17.6 Å². The molecular weight excluding hydrogens is 234 g/mol. The smallest absolute Gasteiger partial charge is 0.125 e. The first-order valence-corrected chi connectivity index (χ1v) is 6.52. The van der Waals surface area contributed by atoms with E-state index in [-0.39, 0.29) is 0 Å². The zero-order valence-corrected chi connectivity index (χ0v) is 11.6. The summed E-state index contributed by atoms with van der Waals surface area (Å²) in [6.45, 7) is 7.84. The lowest BCUT2D eigenvalue weighted by Gasteiger charge is -2.16. The number of hydrogen-bond acceptors (Lipinski definition) is 2. The number of benzene rings is 1. The van der Waals surface area contributed by atoms with Gasteiger partial charge in [0.2, 0.25) is 0 Å². The third-order valence-corrected chi connectivity index (χ3v) is 2.88. The van der Waals surface area contributed by atoms with Crippen LogP contribution in [0.4, 0.5) is 0 Å². The Kier molecular flexibility index (Phi) is 5.79. The predicted molar refractivity (Wildman–Crippen MR) is 73.5 cm³/mol. The van der Waals surface area contributed by atoms with Crippen molar-refractivity contribution in [2.45, 2.75) is 33.7 Å². The molecule has 1 rings (SSSR count). The number of halogens is 1. The van der Waals surface area contributed by atoms with E-state index in [1.54, 1.807) is 0 Å². The highest BCUT2D eigenvalue weighted by molar-refractivity contribution is 6.30. The monoisotopic (exact) mass is 255 g/mol. The molecule has 0 aromatic heterocycles. The Morgan fingerprint density at radius 2 is 2.00 bits per heavy atom. The van der Waals surface area contributed by atoms with Gasteiger partial charge in [0.15, 0.2) is 0 Å². The van der Waals surface area contributed by atoms with E-state index in [2.05, 4.69) is 20.8 Å². The van der Waals surface area contributed by atoms with Gasteiger partial charge in [0.05, 0.1) is 6.61 Å². The molecule has 0 radical (unpaired) electrons. The van der Waals surface area contributed by atoms with Crippen LogP contribution >= 0.6 is 11.6 Å². The second kappa shape index (κ2) is 6.87. The largest absolute Gasteiger partial charge is 0.493 e. The van der Waals surface area contributed by atoms with E-state index < -0.39 is 0 Å². The van der Waals surface area contributed by atoms with Crippen LogP contribution in [0.2, 0.25) is 5.02 Å². The molecule has 0 bridgehead atoms. The Morgan fingerprint density at radius 1 is 1.29 bits per heavy atom. The molecule has 0 saturated carbocycles. The molecule has 17 heavy (non-hydrogen) atoms. The van der Waals surface area contributed by atoms with Crippen molar-refractivity contribution in [1.29, 1.82) is 0 Å². The van der Waals surface area contributed by atoms with Gasteiger partial charge in [0, 0.05) is 17.1 Å². The second-order valence-corrected chi connectivity index (χ2v) is 5.44. The van der Waals surface area contributed by atoms with Gasteiger partial charge in [-0.1, -0.05) is 38.4 Å². The highest BCUT2D eigenvalue weighted by Crippen LogP contribution is 2.24. The topological polar surface area (TPSA) is 35.2 Å². The van der Waals surface area contributed by atoms with Crippen molar-refractivity contribution in [1.82, 2.24) is 0 Å². The van der Waals surface area contributed by atoms with Gasteiger partial charge in [-0.25, -0.2) is 0 Å². The number of ether oxygens (including phenoxy) is 1. The Morgan fingerprint density at radius 3 is 2.59 bits per heavy atom. The van der Waals surface area contributed by atoms with Gasteiger partial charge in [-0.05, 0) is 30.4 Å². The van der Waals surface area contributed by atoms with E-state index in [1.807, 2.05) is 18.2 Å². The summed E-state index contributed by atoms with van der Waals surface area (Å²) in [5.41, 5.74) is 6.67. The van der Waals surface area contributed by atoms with Crippen LogP contribution in [0.1, 0.15) is 32.8 Å². The van der Waals surface area contributed by atoms with Crippen LogP contribution in [0.25, 0.3) is 0 Å². The van der Waals surface area contributed by atoms with Crippen molar-refractivity contribution >= 4 is 11.6 Å². The molecule has 1 aromatic carbocycles. The van der Waals surface area contributed by atoms with Crippen molar-refractivity contribution in [3.63, 3.8) is 0 Å². The second-order valence-electron chi connectivity index (χ2n) is 5.00. The van der Waals surface area contributed by atoms with E-state index in [0.717, 1.165) is 11.3 Å². The summed E-state index contributed by atoms with van der Waals surface area (Å²) in [7, 11) is 0. The summed E-state index contributed by atoms with van der Waals surface area (Å²) in [6.07, 6.45) is 1.17. The fraction of sp³-hybridized carbons (Fsp3) is 0.571. The fourth-order valence-electron chi connectivity index (χ4n) is 1.94. The first kappa shape index (κ1) is 14.3. The van der Waals surface area contributed by atoms with Crippen molar-refractivity contribution < 1.29 is 4.74 Å². The Bertz CT molecular complexity index is 352. The molecule has 96 valence electrons. The number of rotatable bonds is 6. The van der Waals surface area contributed by atoms with Crippen LogP contribution in [-0.2, 0) is 6.54 Å². The average Bonchev–Trinajstić information content (AvgIpc) is 2.25. The predicted octanol–water partition coefficient (Wildman–Crippen LogP) is 3.86. The zero-order valence-electron chi connectivity index (χ0n) is 10.9. The highest BCUT2D eigenvalue weighted by atomic mass is 35.5. The minimum absolute atomic E-state index is 0.477. The van der Waals surface area contributed by atoms with E-state index >= 15 is 0 Å². The van der Waals surface area contributed by atoms with Gasteiger partial charge in [-0.2, -0.15) is 0 Å². The molecule has 0 heterocycles. The molecule has 1 aromatic rings. The number of nitrogens with two attached hydrogens (primary N) is 1. The molecule has 0 aliphatic carbocycles. The van der Waals surface area contributed by atoms with E-state index in [4.69, 9.17) is 22.1 Å². The van der Waals surface area contributed by atoms with Crippen LogP contribution in [0.15, 0.2) is 18.2 Å². The first-order valence-electron chi connectivity index (χ1n) is 6.14. The van der Waals surface area contributed by atoms with E-state index in [0.29, 0.717) is 30.0 Å².